The van der Waals surface area contributed by atoms with Gasteiger partial charge in [0.2, 0.25) is 0 Å². The van der Waals surface area contributed by atoms with Crippen LogP contribution in [0.4, 0.5) is 0 Å². The van der Waals surface area contributed by atoms with Crippen LogP contribution in [0.25, 0.3) is 0 Å². The van der Waals surface area contributed by atoms with Gasteiger partial charge in [-0.1, -0.05) is 59.1 Å². The first-order valence-electron chi connectivity index (χ1n) is 8.35. The molecule has 0 saturated heterocycles. The van der Waals surface area contributed by atoms with Crippen LogP contribution in [0.15, 0.2) is 10.2 Å². The van der Waals surface area contributed by atoms with Gasteiger partial charge >= 0.3 is 0 Å². The highest BCUT2D eigenvalue weighted by Crippen LogP contribution is 2.65. The summed E-state index contributed by atoms with van der Waals surface area (Å²) in [5.41, 5.74) is 0.935. The number of rotatable bonds is 1. The summed E-state index contributed by atoms with van der Waals surface area (Å²) in [6, 6.07) is 0. The summed E-state index contributed by atoms with van der Waals surface area (Å²) >= 11 is 7.37. The zero-order valence-electron chi connectivity index (χ0n) is 13.8. The molecule has 4 atom stereocenters. The summed E-state index contributed by atoms with van der Waals surface area (Å²) < 4.78 is 7.79. The Labute approximate surface area is 146 Å². The Hall–Kier alpha value is 0.500. The van der Waals surface area contributed by atoms with Gasteiger partial charge in [0, 0.05) is 10.4 Å². The molecule has 2 fully saturated rings. The van der Waals surface area contributed by atoms with Crippen molar-refractivity contribution in [2.45, 2.75) is 71.8 Å². The Morgan fingerprint density at radius 2 is 1.81 bits per heavy atom. The summed E-state index contributed by atoms with van der Waals surface area (Å²) in [5, 5.41) is 0.821. The second-order valence-electron chi connectivity index (χ2n) is 8.57. The number of fused-ring (bicyclic) bond motifs is 3. The monoisotopic (exact) mass is 418 g/mol. The molecule has 0 radical (unpaired) electrons. The van der Waals surface area contributed by atoms with E-state index in [1.54, 1.807) is 0 Å². The number of hydrogen-bond acceptors (Lipinski definition) is 1. The van der Waals surface area contributed by atoms with Crippen LogP contribution in [0.1, 0.15) is 66.2 Å². The topological polar surface area (TPSA) is 9.23 Å². The number of ether oxygens (including phenoxy) is 1. The van der Waals surface area contributed by atoms with Crippen molar-refractivity contribution in [3.63, 3.8) is 0 Å². The van der Waals surface area contributed by atoms with Crippen molar-refractivity contribution in [1.82, 2.24) is 0 Å². The minimum Gasteiger partial charge on any atom is -0.490 e. The minimum absolute atomic E-state index is 0.0268. The van der Waals surface area contributed by atoms with E-state index in [0.29, 0.717) is 16.7 Å². The molecule has 0 aromatic carbocycles. The normalized spacial score (nSPS) is 45.6. The van der Waals surface area contributed by atoms with E-state index in [0.717, 1.165) is 23.4 Å². The van der Waals surface area contributed by atoms with E-state index in [2.05, 4.69) is 59.6 Å². The molecular weight excluding hydrogens is 392 g/mol. The molecule has 1 nitrogen and oxygen atoms in total. The summed E-state index contributed by atoms with van der Waals surface area (Å²) in [7, 11) is 0. The Morgan fingerprint density at radius 3 is 2.48 bits per heavy atom. The van der Waals surface area contributed by atoms with Crippen molar-refractivity contribution < 1.29 is 4.74 Å². The van der Waals surface area contributed by atoms with Crippen molar-refractivity contribution in [1.29, 1.82) is 0 Å². The lowest BCUT2D eigenvalue weighted by molar-refractivity contribution is -0.181. The Balaban J connectivity index is 2.00. The zero-order chi connectivity index (χ0) is 15.5. The molecule has 1 aliphatic heterocycles. The van der Waals surface area contributed by atoms with Crippen LogP contribution in [-0.2, 0) is 4.74 Å². The fourth-order valence-electron chi connectivity index (χ4n) is 5.91. The van der Waals surface area contributed by atoms with Gasteiger partial charge < -0.3 is 4.74 Å². The third-order valence-electron chi connectivity index (χ3n) is 6.90. The quantitative estimate of drug-likeness (QED) is 0.446. The van der Waals surface area contributed by atoms with E-state index in [1.165, 1.54) is 36.6 Å². The molecule has 3 rings (SSSR count). The smallest absolute Gasteiger partial charge is 0.117 e. The Kier molecular flexibility index (Phi) is 4.10. The molecule has 0 aromatic rings. The van der Waals surface area contributed by atoms with Gasteiger partial charge in [-0.15, -0.1) is 0 Å². The second kappa shape index (κ2) is 5.26. The first kappa shape index (κ1) is 16.4. The molecule has 0 amide bonds. The lowest BCUT2D eigenvalue weighted by Gasteiger charge is -2.63. The highest BCUT2D eigenvalue weighted by molar-refractivity contribution is 9.12. The van der Waals surface area contributed by atoms with E-state index < -0.39 is 0 Å². The van der Waals surface area contributed by atoms with Gasteiger partial charge in [0.05, 0.1) is 5.33 Å². The fourth-order valence-corrected chi connectivity index (χ4v) is 7.28. The molecule has 1 heterocycles. The van der Waals surface area contributed by atoms with Crippen LogP contribution < -0.4 is 0 Å². The highest BCUT2D eigenvalue weighted by atomic mass is 79.9. The van der Waals surface area contributed by atoms with Crippen molar-refractivity contribution in [2.75, 3.05) is 5.33 Å². The lowest BCUT2D eigenvalue weighted by atomic mass is 9.45. The lowest BCUT2D eigenvalue weighted by Crippen LogP contribution is -2.59. The first-order valence-corrected chi connectivity index (χ1v) is 10.3. The van der Waals surface area contributed by atoms with E-state index in [4.69, 9.17) is 4.74 Å². The van der Waals surface area contributed by atoms with Crippen molar-refractivity contribution in [3.8, 4) is 0 Å². The minimum atomic E-state index is 0.0268. The molecule has 0 unspecified atom stereocenters. The van der Waals surface area contributed by atoms with E-state index in [1.807, 2.05) is 0 Å². The molecule has 3 aliphatic rings. The van der Waals surface area contributed by atoms with Gasteiger partial charge in [0.1, 0.15) is 11.4 Å². The van der Waals surface area contributed by atoms with Crippen molar-refractivity contribution in [2.24, 2.45) is 22.7 Å². The predicted molar refractivity (Wildman–Crippen MR) is 95.8 cm³/mol. The van der Waals surface area contributed by atoms with Crippen LogP contribution in [0.2, 0.25) is 0 Å². The Morgan fingerprint density at radius 1 is 1.10 bits per heavy atom. The SMILES string of the molecule is CC1(C)CCC[C@]2(C)[C@H]3CC(Br)=C(CBr)O[C@]3(C)CC[C@@H]12. The van der Waals surface area contributed by atoms with Gasteiger partial charge in [0.15, 0.2) is 0 Å². The summed E-state index contributed by atoms with van der Waals surface area (Å²) in [5.74, 6) is 2.60. The van der Waals surface area contributed by atoms with Gasteiger partial charge in [-0.3, -0.25) is 0 Å². The molecule has 21 heavy (non-hydrogen) atoms. The predicted octanol–water partition coefficient (Wildman–Crippen LogP) is 6.41. The fraction of sp³-hybridized carbons (Fsp3) is 0.889. The zero-order valence-corrected chi connectivity index (χ0v) is 16.9. The maximum absolute atomic E-state index is 6.51. The van der Waals surface area contributed by atoms with Gasteiger partial charge in [-0.2, -0.15) is 0 Å². The number of alkyl halides is 1. The molecule has 3 heteroatoms. The summed E-state index contributed by atoms with van der Waals surface area (Å²) in [6.45, 7) is 9.92. The Bertz CT molecular complexity index is 470. The highest BCUT2D eigenvalue weighted by Gasteiger charge is 2.60. The molecular formula is C18H28Br2O. The summed E-state index contributed by atoms with van der Waals surface area (Å²) in [4.78, 5) is 0. The number of halogens is 2. The third-order valence-corrected chi connectivity index (χ3v) is 8.18. The van der Waals surface area contributed by atoms with Crippen LogP contribution in [0, 0.1) is 22.7 Å². The molecule has 2 aliphatic carbocycles. The largest absolute Gasteiger partial charge is 0.490 e. The standard InChI is InChI=1S/C18H28Br2O/c1-16(2)7-5-8-17(3)14(16)6-9-18(4)15(17)10-12(20)13(11-19)21-18/h14-15H,5-11H2,1-4H3/t14-,15+,17-,18+/m0/s1. The molecule has 2 saturated carbocycles. The first-order chi connectivity index (χ1) is 9.73. The van der Waals surface area contributed by atoms with Gasteiger partial charge in [-0.25, -0.2) is 0 Å². The van der Waals surface area contributed by atoms with E-state index >= 15 is 0 Å². The van der Waals surface area contributed by atoms with E-state index in [-0.39, 0.29) is 5.60 Å². The van der Waals surface area contributed by atoms with Crippen molar-refractivity contribution in [3.05, 3.63) is 10.2 Å². The average molecular weight is 420 g/mol. The van der Waals surface area contributed by atoms with Gasteiger partial charge in [-0.05, 0) is 55.8 Å². The average Bonchev–Trinajstić information content (AvgIpc) is 2.39. The van der Waals surface area contributed by atoms with Crippen LogP contribution in [0.3, 0.4) is 0 Å². The van der Waals surface area contributed by atoms with Crippen LogP contribution in [0.5, 0.6) is 0 Å². The number of hydrogen-bond donors (Lipinski definition) is 0. The van der Waals surface area contributed by atoms with Crippen LogP contribution in [-0.4, -0.2) is 10.9 Å². The molecule has 0 bridgehead atoms. The van der Waals surface area contributed by atoms with Gasteiger partial charge in [0.25, 0.3) is 0 Å². The van der Waals surface area contributed by atoms with Crippen LogP contribution >= 0.6 is 31.9 Å². The summed E-state index contributed by atoms with van der Waals surface area (Å²) in [6.07, 6.45) is 7.82. The molecule has 120 valence electrons. The maximum atomic E-state index is 6.51. The number of allylic oxidation sites excluding steroid dienone is 2. The third kappa shape index (κ3) is 2.45. The second-order valence-corrected chi connectivity index (χ2v) is 10.1. The van der Waals surface area contributed by atoms with E-state index in [9.17, 15) is 0 Å². The molecule has 0 spiro atoms. The molecule has 0 aromatic heterocycles. The van der Waals surface area contributed by atoms with Crippen molar-refractivity contribution >= 4 is 31.9 Å². The molecule has 0 N–H and O–H groups in total. The maximum Gasteiger partial charge on any atom is 0.117 e.